The molecule has 1 aromatic carbocycles. The second kappa shape index (κ2) is 6.10. The minimum Gasteiger partial charge on any atom is -0.297 e. The van der Waals surface area contributed by atoms with Gasteiger partial charge in [0.2, 0.25) is 10.0 Å². The fourth-order valence-electron chi connectivity index (χ4n) is 4.11. The van der Waals surface area contributed by atoms with Crippen LogP contribution in [0.1, 0.15) is 25.3 Å². The molecule has 3 heterocycles. The number of nitrogens with zero attached hydrogens (tertiary/aromatic N) is 3. The van der Waals surface area contributed by atoms with Crippen LogP contribution in [0.4, 0.5) is 0 Å². The van der Waals surface area contributed by atoms with Crippen molar-refractivity contribution in [2.45, 2.75) is 37.6 Å². The van der Waals surface area contributed by atoms with Crippen molar-refractivity contribution in [3.8, 4) is 0 Å². The molecule has 2 unspecified atom stereocenters. The van der Waals surface area contributed by atoms with E-state index in [9.17, 15) is 8.42 Å². The highest BCUT2D eigenvalue weighted by atomic mass is 32.2. The van der Waals surface area contributed by atoms with E-state index in [4.69, 9.17) is 0 Å². The van der Waals surface area contributed by atoms with Gasteiger partial charge in [-0.1, -0.05) is 24.3 Å². The van der Waals surface area contributed by atoms with Crippen LogP contribution in [0.5, 0.6) is 0 Å². The first-order valence-electron chi connectivity index (χ1n) is 8.61. The van der Waals surface area contributed by atoms with E-state index < -0.39 is 10.0 Å². The van der Waals surface area contributed by atoms with E-state index >= 15 is 0 Å². The van der Waals surface area contributed by atoms with Crippen molar-refractivity contribution in [2.24, 2.45) is 0 Å². The molecular weight excluding hydrogens is 322 g/mol. The van der Waals surface area contributed by atoms with Crippen LogP contribution in [-0.4, -0.2) is 54.3 Å². The van der Waals surface area contributed by atoms with Crippen molar-refractivity contribution >= 4 is 20.9 Å². The molecule has 0 spiro atoms. The van der Waals surface area contributed by atoms with E-state index in [1.54, 1.807) is 10.5 Å². The fourth-order valence-corrected chi connectivity index (χ4v) is 5.92. The molecule has 6 heteroatoms. The van der Waals surface area contributed by atoms with Crippen molar-refractivity contribution < 1.29 is 8.42 Å². The molecule has 24 heavy (non-hydrogen) atoms. The number of pyridine rings is 1. The third-order valence-corrected chi connectivity index (χ3v) is 7.19. The Morgan fingerprint density at radius 3 is 2.92 bits per heavy atom. The molecule has 0 saturated carbocycles. The van der Waals surface area contributed by atoms with Crippen LogP contribution in [0.25, 0.3) is 10.9 Å². The van der Waals surface area contributed by atoms with Crippen molar-refractivity contribution in [2.75, 3.05) is 19.6 Å². The van der Waals surface area contributed by atoms with Crippen molar-refractivity contribution in [1.29, 1.82) is 0 Å². The number of rotatable bonds is 3. The van der Waals surface area contributed by atoms with Crippen LogP contribution >= 0.6 is 0 Å². The molecule has 2 aromatic rings. The molecule has 2 fully saturated rings. The lowest BCUT2D eigenvalue weighted by molar-refractivity contribution is 0.117. The van der Waals surface area contributed by atoms with Gasteiger partial charge in [0.1, 0.15) is 0 Å². The average Bonchev–Trinajstić information content (AvgIpc) is 3.01. The number of hydrogen-bond donors (Lipinski definition) is 0. The van der Waals surface area contributed by atoms with Crippen LogP contribution in [0.15, 0.2) is 36.5 Å². The molecular formula is C18H23N3O2S. The lowest BCUT2D eigenvalue weighted by Gasteiger charge is -2.41. The summed E-state index contributed by atoms with van der Waals surface area (Å²) < 4.78 is 27.9. The number of sulfonamides is 1. The van der Waals surface area contributed by atoms with Crippen molar-refractivity contribution in [3.05, 3.63) is 42.1 Å². The van der Waals surface area contributed by atoms with Gasteiger partial charge < -0.3 is 0 Å². The number of piperazine rings is 1. The Labute approximate surface area is 143 Å². The maximum atomic E-state index is 13.1. The minimum absolute atomic E-state index is 0.0262. The molecule has 2 atom stereocenters. The third kappa shape index (κ3) is 2.83. The zero-order chi connectivity index (χ0) is 16.7. The van der Waals surface area contributed by atoms with Gasteiger partial charge in [-0.2, -0.15) is 4.31 Å². The van der Waals surface area contributed by atoms with Gasteiger partial charge >= 0.3 is 0 Å². The third-order valence-electron chi connectivity index (χ3n) is 5.29. The number of benzene rings is 1. The summed E-state index contributed by atoms with van der Waals surface area (Å²) in [4.78, 5) is 6.83. The first-order valence-corrected chi connectivity index (χ1v) is 10.2. The predicted molar refractivity (Wildman–Crippen MR) is 95.1 cm³/mol. The molecule has 1 aromatic heterocycles. The second-order valence-electron chi connectivity index (χ2n) is 6.96. The summed E-state index contributed by atoms with van der Waals surface area (Å²) in [7, 11) is -3.35. The predicted octanol–water partition coefficient (Wildman–Crippen LogP) is 2.23. The maximum absolute atomic E-state index is 13.1. The molecule has 4 rings (SSSR count). The highest BCUT2D eigenvalue weighted by molar-refractivity contribution is 7.88. The number of fused-ring (bicyclic) bond motifs is 2. The van der Waals surface area contributed by atoms with Gasteiger partial charge in [0, 0.05) is 36.8 Å². The van der Waals surface area contributed by atoms with Gasteiger partial charge in [-0.3, -0.25) is 9.88 Å². The molecule has 128 valence electrons. The van der Waals surface area contributed by atoms with Gasteiger partial charge in [-0.15, -0.1) is 0 Å². The zero-order valence-corrected chi connectivity index (χ0v) is 14.7. The van der Waals surface area contributed by atoms with Crippen LogP contribution in [0, 0.1) is 0 Å². The first kappa shape index (κ1) is 16.0. The Balaban J connectivity index is 1.63. The number of para-hydroxylation sites is 1. The summed E-state index contributed by atoms with van der Waals surface area (Å²) in [6.45, 7) is 4.60. The molecule has 0 radical (unpaired) electrons. The normalized spacial score (nSPS) is 25.9. The monoisotopic (exact) mass is 345 g/mol. The lowest BCUT2D eigenvalue weighted by atomic mass is 10.1. The highest BCUT2D eigenvalue weighted by Crippen LogP contribution is 2.28. The van der Waals surface area contributed by atoms with E-state index in [-0.39, 0.29) is 11.8 Å². The Kier molecular flexibility index (Phi) is 4.06. The van der Waals surface area contributed by atoms with E-state index in [0.717, 1.165) is 36.0 Å². The Bertz CT molecular complexity index is 847. The van der Waals surface area contributed by atoms with E-state index in [2.05, 4.69) is 9.88 Å². The molecule has 0 amide bonds. The van der Waals surface area contributed by atoms with Gasteiger partial charge in [0.25, 0.3) is 0 Å². The summed E-state index contributed by atoms with van der Waals surface area (Å²) in [5.41, 5.74) is 1.57. The topological polar surface area (TPSA) is 53.5 Å². The SMILES string of the molecule is CC1CN2CCCC2CN1S(=O)(=O)Cc1cccc2cccnc12. The average molecular weight is 345 g/mol. The summed E-state index contributed by atoms with van der Waals surface area (Å²) in [6.07, 6.45) is 4.01. The van der Waals surface area contributed by atoms with Gasteiger partial charge in [0.15, 0.2) is 0 Å². The largest absolute Gasteiger partial charge is 0.297 e. The van der Waals surface area contributed by atoms with Crippen LogP contribution < -0.4 is 0 Å². The Morgan fingerprint density at radius 2 is 2.04 bits per heavy atom. The van der Waals surface area contributed by atoms with E-state index in [1.165, 1.54) is 6.42 Å². The van der Waals surface area contributed by atoms with E-state index in [1.807, 2.05) is 37.3 Å². The van der Waals surface area contributed by atoms with Crippen molar-refractivity contribution in [3.63, 3.8) is 0 Å². The molecule has 0 bridgehead atoms. The number of hydrogen-bond acceptors (Lipinski definition) is 4. The lowest BCUT2D eigenvalue weighted by Crippen LogP contribution is -2.56. The van der Waals surface area contributed by atoms with Crippen LogP contribution in [0.2, 0.25) is 0 Å². The molecule has 0 aliphatic carbocycles. The quantitative estimate of drug-likeness (QED) is 0.856. The zero-order valence-electron chi connectivity index (χ0n) is 13.9. The highest BCUT2D eigenvalue weighted by Gasteiger charge is 2.39. The minimum atomic E-state index is -3.35. The Morgan fingerprint density at radius 1 is 1.21 bits per heavy atom. The van der Waals surface area contributed by atoms with Gasteiger partial charge in [-0.25, -0.2) is 8.42 Å². The molecule has 0 N–H and O–H groups in total. The molecule has 5 nitrogen and oxygen atoms in total. The first-order chi connectivity index (χ1) is 11.5. The standard InChI is InChI=1S/C18H23N3O2S/c1-14-11-20-10-4-8-17(20)12-21(14)24(22,23)13-16-6-2-5-15-7-3-9-19-18(15)16/h2-3,5-7,9,14,17H,4,8,10-13H2,1H3. The van der Waals surface area contributed by atoms with E-state index in [0.29, 0.717) is 12.6 Å². The smallest absolute Gasteiger partial charge is 0.218 e. The second-order valence-corrected chi connectivity index (χ2v) is 8.88. The van der Waals surface area contributed by atoms with Gasteiger partial charge in [-0.05, 0) is 37.9 Å². The fraction of sp³-hybridized carbons (Fsp3) is 0.500. The summed E-state index contributed by atoms with van der Waals surface area (Å²) in [5, 5.41) is 0.985. The Hall–Kier alpha value is -1.50. The summed E-state index contributed by atoms with van der Waals surface area (Å²) in [6, 6.07) is 10.0. The van der Waals surface area contributed by atoms with Crippen LogP contribution in [0.3, 0.4) is 0 Å². The molecule has 2 aliphatic rings. The van der Waals surface area contributed by atoms with Crippen molar-refractivity contribution in [1.82, 2.24) is 14.2 Å². The molecule has 2 saturated heterocycles. The molecule has 2 aliphatic heterocycles. The maximum Gasteiger partial charge on any atom is 0.218 e. The van der Waals surface area contributed by atoms with Gasteiger partial charge in [0.05, 0.1) is 11.3 Å². The summed E-state index contributed by atoms with van der Waals surface area (Å²) >= 11 is 0. The number of aromatic nitrogens is 1. The summed E-state index contributed by atoms with van der Waals surface area (Å²) in [5.74, 6) is 0.0262. The van der Waals surface area contributed by atoms with Crippen LogP contribution in [-0.2, 0) is 15.8 Å².